The van der Waals surface area contributed by atoms with Crippen molar-refractivity contribution in [1.82, 2.24) is 4.72 Å². The highest BCUT2D eigenvalue weighted by Crippen LogP contribution is 2.02. The molecule has 0 aliphatic carbocycles. The van der Waals surface area contributed by atoms with E-state index in [1.807, 2.05) is 0 Å². The van der Waals surface area contributed by atoms with Gasteiger partial charge in [-0.3, -0.25) is 0 Å². The van der Waals surface area contributed by atoms with Crippen molar-refractivity contribution < 1.29 is 13.5 Å². The van der Waals surface area contributed by atoms with Crippen LogP contribution in [0.3, 0.4) is 0 Å². The van der Waals surface area contributed by atoms with Crippen molar-refractivity contribution in [3.63, 3.8) is 0 Å². The van der Waals surface area contributed by atoms with E-state index in [-0.39, 0.29) is 16.5 Å². The first-order valence-electron chi connectivity index (χ1n) is 3.66. The van der Waals surface area contributed by atoms with Crippen LogP contribution in [0.25, 0.3) is 0 Å². The molecule has 0 radical (unpaired) electrons. The maximum atomic E-state index is 11.3. The molecule has 0 unspecified atom stereocenters. The quantitative estimate of drug-likeness (QED) is 0.409. The maximum Gasteiger partial charge on any atom is 0.230 e. The molecular weight excluding hydrogens is 176 g/mol. The first-order valence-corrected chi connectivity index (χ1v) is 5.14. The summed E-state index contributed by atoms with van der Waals surface area (Å²) in [5.74, 6) is 0. The number of hydrogen-bond donors (Lipinski definition) is 2. The monoisotopic (exact) mass is 189 g/mol. The number of rotatable bonds is 3. The summed E-state index contributed by atoms with van der Waals surface area (Å²) in [6.45, 7) is 3.44. The molecule has 0 atom stereocenters. The Kier molecular flexibility index (Phi) is 3.86. The number of aliphatic hydroxyl groups excluding tert-OH is 1. The second-order valence-corrected chi connectivity index (χ2v) is 4.77. The van der Waals surface area contributed by atoms with Gasteiger partial charge in [0.05, 0.1) is 0 Å². The first-order chi connectivity index (χ1) is 5.27. The molecule has 0 spiro atoms. The van der Waals surface area contributed by atoms with Gasteiger partial charge in [-0.2, -0.15) is 0 Å². The fourth-order valence-electron chi connectivity index (χ4n) is 0.593. The molecule has 0 saturated heterocycles. The number of aliphatic hydroxyl groups is 1. The lowest BCUT2D eigenvalue weighted by atomic mass is 9.99. The summed E-state index contributed by atoms with van der Waals surface area (Å²) in [5, 5.41) is 8.93. The van der Waals surface area contributed by atoms with Crippen molar-refractivity contribution in [1.29, 1.82) is 0 Å². The van der Waals surface area contributed by atoms with Gasteiger partial charge in [-0.05, 0) is 13.8 Å². The van der Waals surface area contributed by atoms with Crippen LogP contribution < -0.4 is 4.72 Å². The fraction of sp³-hybridized carbons (Fsp3) is 0.600. The summed E-state index contributed by atoms with van der Waals surface area (Å²) < 4.78 is 24.9. The third-order valence-corrected chi connectivity index (χ3v) is 3.19. The average molecular weight is 189 g/mol. The van der Waals surface area contributed by atoms with Gasteiger partial charge in [0.1, 0.15) is 0 Å². The molecule has 0 rings (SSSR count). The standard InChI is InChI=1S/C5H13B2NO3S/c1-3(2)8-12(10,11)5(7)4(6)9/h3,8-9H,6-7H2,1-2H3/b5-4+. The van der Waals surface area contributed by atoms with Crippen LogP contribution in [0.2, 0.25) is 0 Å². The van der Waals surface area contributed by atoms with E-state index in [0.29, 0.717) is 0 Å². The third kappa shape index (κ3) is 3.32. The number of sulfonamides is 1. The molecule has 0 aromatic carbocycles. The molecular formula is C5H13B2NO3S. The minimum atomic E-state index is -3.48. The van der Waals surface area contributed by atoms with Crippen molar-refractivity contribution in [2.45, 2.75) is 19.9 Å². The van der Waals surface area contributed by atoms with Gasteiger partial charge in [-0.1, -0.05) is 0 Å². The van der Waals surface area contributed by atoms with E-state index in [0.717, 1.165) is 0 Å². The molecule has 0 heterocycles. The molecule has 0 bridgehead atoms. The van der Waals surface area contributed by atoms with E-state index in [1.165, 1.54) is 15.7 Å². The SMILES string of the molecule is B/C(O)=C(/B)S(=O)(=O)NC(C)C. The van der Waals surface area contributed by atoms with Crippen molar-refractivity contribution >= 4 is 25.7 Å². The zero-order valence-corrected chi connectivity index (χ0v) is 8.57. The molecule has 0 saturated carbocycles. The van der Waals surface area contributed by atoms with Gasteiger partial charge < -0.3 is 5.11 Å². The summed E-state index contributed by atoms with van der Waals surface area (Å²) in [5.41, 5.74) is -0.178. The van der Waals surface area contributed by atoms with Crippen LogP contribution in [0.15, 0.2) is 10.5 Å². The van der Waals surface area contributed by atoms with E-state index >= 15 is 0 Å². The van der Waals surface area contributed by atoms with E-state index in [4.69, 9.17) is 5.11 Å². The Bertz CT molecular complexity index is 279. The molecule has 0 fully saturated rings. The highest BCUT2D eigenvalue weighted by atomic mass is 32.2. The topological polar surface area (TPSA) is 66.4 Å². The molecule has 0 aromatic heterocycles. The minimum Gasteiger partial charge on any atom is -0.523 e. The predicted molar refractivity (Wildman–Crippen MR) is 53.9 cm³/mol. The van der Waals surface area contributed by atoms with Crippen LogP contribution >= 0.6 is 0 Å². The summed E-state index contributed by atoms with van der Waals surface area (Å²) in [6, 6.07) is -0.163. The van der Waals surface area contributed by atoms with Crippen molar-refractivity contribution in [2.24, 2.45) is 0 Å². The fourth-order valence-corrected chi connectivity index (χ4v) is 1.78. The zero-order valence-electron chi connectivity index (χ0n) is 7.75. The highest BCUT2D eigenvalue weighted by Gasteiger charge is 2.15. The molecule has 7 heteroatoms. The Labute approximate surface area is 74.9 Å². The highest BCUT2D eigenvalue weighted by molar-refractivity contribution is 7.95. The summed E-state index contributed by atoms with van der Waals surface area (Å²) >= 11 is 0. The van der Waals surface area contributed by atoms with Gasteiger partial charge in [0, 0.05) is 16.5 Å². The molecule has 0 aromatic rings. The minimum absolute atomic E-state index is 0.0313. The van der Waals surface area contributed by atoms with E-state index in [9.17, 15) is 8.42 Å². The lowest BCUT2D eigenvalue weighted by Crippen LogP contribution is -2.32. The van der Waals surface area contributed by atoms with Crippen molar-refractivity contribution in [3.8, 4) is 0 Å². The second-order valence-electron chi connectivity index (χ2n) is 2.92. The lowest BCUT2D eigenvalue weighted by molar-refractivity contribution is 0.451. The molecule has 12 heavy (non-hydrogen) atoms. The van der Waals surface area contributed by atoms with Gasteiger partial charge >= 0.3 is 0 Å². The van der Waals surface area contributed by atoms with Crippen LogP contribution in [0.4, 0.5) is 0 Å². The van der Waals surface area contributed by atoms with Crippen LogP contribution in [0.5, 0.6) is 0 Å². The molecule has 4 nitrogen and oxygen atoms in total. The molecule has 0 aliphatic heterocycles. The summed E-state index contributed by atoms with van der Waals surface area (Å²) in [7, 11) is -0.776. The Morgan fingerprint density at radius 2 is 1.83 bits per heavy atom. The number of hydrogen-bond acceptors (Lipinski definition) is 3. The van der Waals surface area contributed by atoms with E-state index in [1.54, 1.807) is 13.8 Å². The van der Waals surface area contributed by atoms with Crippen LogP contribution in [-0.4, -0.2) is 35.3 Å². The Morgan fingerprint density at radius 1 is 1.42 bits per heavy atom. The molecule has 68 valence electrons. The Hall–Kier alpha value is -0.420. The first kappa shape index (κ1) is 11.6. The van der Waals surface area contributed by atoms with Crippen molar-refractivity contribution in [3.05, 3.63) is 10.5 Å². The molecule has 0 amide bonds. The van der Waals surface area contributed by atoms with Crippen LogP contribution in [-0.2, 0) is 10.0 Å². The van der Waals surface area contributed by atoms with Crippen LogP contribution in [0, 0.1) is 0 Å². The van der Waals surface area contributed by atoms with E-state index < -0.39 is 10.0 Å². The summed E-state index contributed by atoms with van der Waals surface area (Å²) in [6.07, 6.45) is 0. The normalized spacial score (nSPS) is 14.6. The van der Waals surface area contributed by atoms with Gasteiger partial charge in [-0.15, -0.1) is 0 Å². The Morgan fingerprint density at radius 3 is 2.08 bits per heavy atom. The van der Waals surface area contributed by atoms with Crippen molar-refractivity contribution in [2.75, 3.05) is 0 Å². The van der Waals surface area contributed by atoms with Gasteiger partial charge in [-0.25, -0.2) is 13.1 Å². The molecule has 2 N–H and O–H groups in total. The lowest BCUT2D eigenvalue weighted by Gasteiger charge is -2.10. The van der Waals surface area contributed by atoms with Crippen LogP contribution in [0.1, 0.15) is 13.8 Å². The maximum absolute atomic E-state index is 11.3. The van der Waals surface area contributed by atoms with Gasteiger partial charge in [0.15, 0.2) is 15.7 Å². The van der Waals surface area contributed by atoms with Gasteiger partial charge in [0.2, 0.25) is 10.0 Å². The zero-order chi connectivity index (χ0) is 9.94. The average Bonchev–Trinajstić information content (AvgIpc) is 1.82. The van der Waals surface area contributed by atoms with E-state index in [2.05, 4.69) is 4.72 Å². The molecule has 0 aliphatic rings. The number of nitrogens with one attached hydrogen (secondary N) is 1. The Balaban J connectivity index is 4.78. The second kappa shape index (κ2) is 4.00. The third-order valence-electron chi connectivity index (χ3n) is 1.30. The van der Waals surface area contributed by atoms with Gasteiger partial charge in [0.25, 0.3) is 0 Å². The largest absolute Gasteiger partial charge is 0.523 e. The summed E-state index contributed by atoms with van der Waals surface area (Å²) in [4.78, 5) is -0.0313. The smallest absolute Gasteiger partial charge is 0.230 e. The predicted octanol–water partition coefficient (Wildman–Crippen LogP) is -1.73.